The van der Waals surface area contributed by atoms with Gasteiger partial charge in [-0.3, -0.25) is 9.59 Å². The summed E-state index contributed by atoms with van der Waals surface area (Å²) in [5, 5.41) is 0. The highest BCUT2D eigenvalue weighted by Gasteiger charge is 2.06. The molecule has 0 saturated carbocycles. The number of rotatable bonds is 6. The van der Waals surface area contributed by atoms with Gasteiger partial charge in [-0.05, 0) is 17.7 Å². The standard InChI is InChI=1S/C12H14FNO3/c13-10-3-1-9(2-4-10)8-17-12(16)6-5-11(15)7-14/h1-4H,5-8,14H2. The van der Waals surface area contributed by atoms with Crippen LogP contribution in [0.3, 0.4) is 0 Å². The number of hydrogen-bond acceptors (Lipinski definition) is 4. The van der Waals surface area contributed by atoms with Crippen LogP contribution in [0.4, 0.5) is 4.39 Å². The van der Waals surface area contributed by atoms with Gasteiger partial charge in [-0.2, -0.15) is 0 Å². The number of ether oxygens (including phenoxy) is 1. The van der Waals surface area contributed by atoms with E-state index >= 15 is 0 Å². The lowest BCUT2D eigenvalue weighted by Gasteiger charge is -2.04. The molecule has 5 heteroatoms. The predicted molar refractivity (Wildman–Crippen MR) is 59.5 cm³/mol. The molecule has 0 atom stereocenters. The van der Waals surface area contributed by atoms with Crippen molar-refractivity contribution < 1.29 is 18.7 Å². The summed E-state index contributed by atoms with van der Waals surface area (Å²) in [6.45, 7) is 0.0151. The van der Waals surface area contributed by atoms with Gasteiger partial charge in [0, 0.05) is 6.42 Å². The number of benzene rings is 1. The Hall–Kier alpha value is -1.75. The van der Waals surface area contributed by atoms with Crippen LogP contribution in [0.15, 0.2) is 24.3 Å². The van der Waals surface area contributed by atoms with Gasteiger partial charge in [0.25, 0.3) is 0 Å². The Morgan fingerprint density at radius 3 is 2.41 bits per heavy atom. The summed E-state index contributed by atoms with van der Waals surface area (Å²) in [5.74, 6) is -0.978. The van der Waals surface area contributed by atoms with Crippen molar-refractivity contribution >= 4 is 11.8 Å². The molecule has 0 radical (unpaired) electrons. The van der Waals surface area contributed by atoms with E-state index in [1.807, 2.05) is 0 Å². The molecule has 0 aliphatic rings. The average molecular weight is 239 g/mol. The highest BCUT2D eigenvalue weighted by atomic mass is 19.1. The number of hydrogen-bond donors (Lipinski definition) is 1. The lowest BCUT2D eigenvalue weighted by atomic mass is 10.2. The summed E-state index contributed by atoms with van der Waals surface area (Å²) in [6.07, 6.45) is 0.121. The summed E-state index contributed by atoms with van der Waals surface area (Å²) in [7, 11) is 0. The Bertz CT molecular complexity index is 389. The average Bonchev–Trinajstić information content (AvgIpc) is 2.35. The Kier molecular flexibility index (Phi) is 5.29. The van der Waals surface area contributed by atoms with Crippen LogP contribution in [-0.2, 0) is 20.9 Å². The molecule has 0 bridgehead atoms. The minimum Gasteiger partial charge on any atom is -0.461 e. The van der Waals surface area contributed by atoms with Gasteiger partial charge in [-0.15, -0.1) is 0 Å². The molecular formula is C12H14FNO3. The zero-order valence-electron chi connectivity index (χ0n) is 9.32. The monoisotopic (exact) mass is 239 g/mol. The molecule has 0 aliphatic carbocycles. The van der Waals surface area contributed by atoms with Crippen molar-refractivity contribution in [3.63, 3.8) is 0 Å². The van der Waals surface area contributed by atoms with Crippen molar-refractivity contribution in [1.29, 1.82) is 0 Å². The van der Waals surface area contributed by atoms with Crippen LogP contribution in [0.1, 0.15) is 18.4 Å². The highest BCUT2D eigenvalue weighted by molar-refractivity contribution is 5.84. The Morgan fingerprint density at radius 1 is 1.18 bits per heavy atom. The van der Waals surface area contributed by atoms with Crippen LogP contribution in [0.25, 0.3) is 0 Å². The quantitative estimate of drug-likeness (QED) is 0.757. The van der Waals surface area contributed by atoms with Crippen molar-refractivity contribution in [2.24, 2.45) is 5.73 Å². The minimum absolute atomic E-state index is 0.0250. The van der Waals surface area contributed by atoms with Crippen molar-refractivity contribution in [3.8, 4) is 0 Å². The SMILES string of the molecule is NCC(=O)CCC(=O)OCc1ccc(F)cc1. The zero-order chi connectivity index (χ0) is 12.7. The van der Waals surface area contributed by atoms with Crippen molar-refractivity contribution in [3.05, 3.63) is 35.6 Å². The molecule has 0 spiro atoms. The maximum atomic E-state index is 12.6. The van der Waals surface area contributed by atoms with Gasteiger partial charge >= 0.3 is 5.97 Å². The number of carbonyl (C=O) groups is 2. The summed E-state index contributed by atoms with van der Waals surface area (Å²) in [4.78, 5) is 22.1. The van der Waals surface area contributed by atoms with E-state index < -0.39 is 5.97 Å². The van der Waals surface area contributed by atoms with Crippen LogP contribution < -0.4 is 5.73 Å². The van der Waals surface area contributed by atoms with E-state index in [1.165, 1.54) is 24.3 Å². The summed E-state index contributed by atoms with van der Waals surface area (Å²) in [5.41, 5.74) is 5.80. The number of ketones is 1. The van der Waals surface area contributed by atoms with Crippen LogP contribution in [-0.4, -0.2) is 18.3 Å². The third-order valence-electron chi connectivity index (χ3n) is 2.15. The van der Waals surface area contributed by atoms with E-state index in [0.717, 1.165) is 0 Å². The largest absolute Gasteiger partial charge is 0.461 e. The van der Waals surface area contributed by atoms with Gasteiger partial charge in [0.15, 0.2) is 0 Å². The maximum absolute atomic E-state index is 12.6. The minimum atomic E-state index is -0.462. The number of Topliss-reactive ketones (excluding diaryl/α,β-unsaturated/α-hetero) is 1. The fourth-order valence-electron chi connectivity index (χ4n) is 1.16. The van der Waals surface area contributed by atoms with Crippen LogP contribution in [0.2, 0.25) is 0 Å². The lowest BCUT2D eigenvalue weighted by Crippen LogP contribution is -2.15. The first kappa shape index (κ1) is 13.3. The predicted octanol–water partition coefficient (Wildman–Crippen LogP) is 1.18. The third kappa shape index (κ3) is 5.21. The molecule has 2 N–H and O–H groups in total. The molecule has 92 valence electrons. The third-order valence-corrected chi connectivity index (χ3v) is 2.15. The van der Waals surface area contributed by atoms with Crippen LogP contribution >= 0.6 is 0 Å². The van der Waals surface area contributed by atoms with E-state index in [0.29, 0.717) is 5.56 Å². The number of carbonyl (C=O) groups excluding carboxylic acids is 2. The Balaban J connectivity index is 2.28. The number of nitrogens with two attached hydrogens (primary N) is 1. The molecule has 17 heavy (non-hydrogen) atoms. The molecule has 0 fully saturated rings. The zero-order valence-corrected chi connectivity index (χ0v) is 9.32. The van der Waals surface area contributed by atoms with Gasteiger partial charge < -0.3 is 10.5 Å². The molecule has 0 aliphatic heterocycles. The first-order valence-electron chi connectivity index (χ1n) is 5.23. The second-order valence-electron chi connectivity index (χ2n) is 3.53. The van der Waals surface area contributed by atoms with Crippen LogP contribution in [0.5, 0.6) is 0 Å². The summed E-state index contributed by atoms with van der Waals surface area (Å²) < 4.78 is 17.5. The molecular weight excluding hydrogens is 225 g/mol. The summed E-state index contributed by atoms with van der Waals surface area (Å²) >= 11 is 0. The first-order chi connectivity index (χ1) is 8.11. The van der Waals surface area contributed by atoms with E-state index in [1.54, 1.807) is 0 Å². The fourth-order valence-corrected chi connectivity index (χ4v) is 1.16. The van der Waals surface area contributed by atoms with Gasteiger partial charge in [-0.1, -0.05) is 12.1 Å². The molecule has 0 unspecified atom stereocenters. The second kappa shape index (κ2) is 6.75. The Labute approximate surface area is 98.6 Å². The van der Waals surface area contributed by atoms with Crippen LogP contribution in [0, 0.1) is 5.82 Å². The van der Waals surface area contributed by atoms with Gasteiger partial charge in [0.05, 0.1) is 13.0 Å². The maximum Gasteiger partial charge on any atom is 0.306 e. The molecule has 0 aromatic heterocycles. The smallest absolute Gasteiger partial charge is 0.306 e. The molecule has 4 nitrogen and oxygen atoms in total. The van der Waals surface area contributed by atoms with Crippen molar-refractivity contribution in [2.45, 2.75) is 19.4 Å². The van der Waals surface area contributed by atoms with E-state index in [2.05, 4.69) is 0 Å². The second-order valence-corrected chi connectivity index (χ2v) is 3.53. The normalized spacial score (nSPS) is 10.0. The van der Waals surface area contributed by atoms with E-state index in [4.69, 9.17) is 10.5 Å². The first-order valence-corrected chi connectivity index (χ1v) is 5.23. The van der Waals surface area contributed by atoms with Gasteiger partial charge in [0.2, 0.25) is 0 Å². The van der Waals surface area contributed by atoms with Crippen molar-refractivity contribution in [2.75, 3.05) is 6.54 Å². The lowest BCUT2D eigenvalue weighted by molar-refractivity contribution is -0.146. The fraction of sp³-hybridized carbons (Fsp3) is 0.333. The molecule has 0 heterocycles. The highest BCUT2D eigenvalue weighted by Crippen LogP contribution is 2.05. The topological polar surface area (TPSA) is 69.4 Å². The van der Waals surface area contributed by atoms with E-state index in [-0.39, 0.29) is 37.6 Å². The Morgan fingerprint density at radius 2 is 1.82 bits per heavy atom. The molecule has 0 saturated heterocycles. The number of esters is 1. The summed E-state index contributed by atoms with van der Waals surface area (Å²) in [6, 6.07) is 5.66. The molecule has 1 rings (SSSR count). The van der Waals surface area contributed by atoms with Gasteiger partial charge in [0.1, 0.15) is 18.2 Å². The van der Waals surface area contributed by atoms with Gasteiger partial charge in [-0.25, -0.2) is 4.39 Å². The molecule has 0 amide bonds. The number of halogens is 1. The van der Waals surface area contributed by atoms with Crippen molar-refractivity contribution in [1.82, 2.24) is 0 Å². The van der Waals surface area contributed by atoms with E-state index in [9.17, 15) is 14.0 Å². The molecule has 1 aromatic rings. The molecule has 1 aromatic carbocycles.